The van der Waals surface area contributed by atoms with Crippen LogP contribution in [0.2, 0.25) is 10.0 Å². The number of halogens is 2. The molecule has 0 atom stereocenters. The van der Waals surface area contributed by atoms with Gasteiger partial charge in [0.1, 0.15) is 5.75 Å². The lowest BCUT2D eigenvalue weighted by atomic mass is 10.0. The minimum Gasteiger partial charge on any atom is -0.493 e. The van der Waals surface area contributed by atoms with Crippen LogP contribution in [0.4, 0.5) is 0 Å². The number of esters is 1. The summed E-state index contributed by atoms with van der Waals surface area (Å²) in [5.41, 5.74) is 4.10. The van der Waals surface area contributed by atoms with E-state index in [0.717, 1.165) is 16.3 Å². The van der Waals surface area contributed by atoms with Crippen LogP contribution in [0.5, 0.6) is 17.2 Å². The average molecular weight is 563 g/mol. The Morgan fingerprint density at radius 3 is 2.54 bits per heavy atom. The Bertz CT molecular complexity index is 1570. The standard InChI is InChI=1S/C30H24Cl2N2O5/c1-3-6-19-9-13-27(28(15-19)37-2)38-18-29(35)34-33-17-24-22-8-5-4-7-20(22)10-14-26(24)39-30(36)23-12-11-21(31)16-25(23)32/h3-5,7-17H,1,6,18H2,2H3,(H,34,35)/b33-17-. The number of rotatable bonds is 10. The van der Waals surface area contributed by atoms with Crippen LogP contribution in [0.3, 0.4) is 0 Å². The number of ether oxygens (including phenoxy) is 3. The maximum absolute atomic E-state index is 12.9. The number of hydrazone groups is 1. The van der Waals surface area contributed by atoms with Crippen LogP contribution in [0.15, 0.2) is 90.6 Å². The molecule has 0 heterocycles. The van der Waals surface area contributed by atoms with E-state index in [2.05, 4.69) is 17.1 Å². The van der Waals surface area contributed by atoms with Gasteiger partial charge in [0.25, 0.3) is 5.91 Å². The highest BCUT2D eigenvalue weighted by Gasteiger charge is 2.16. The lowest BCUT2D eigenvalue weighted by Crippen LogP contribution is -2.24. The van der Waals surface area contributed by atoms with E-state index in [1.807, 2.05) is 42.5 Å². The number of nitrogens with one attached hydrogen (secondary N) is 1. The van der Waals surface area contributed by atoms with Crippen LogP contribution in [0, 0.1) is 0 Å². The number of methoxy groups -OCH3 is 1. The summed E-state index contributed by atoms with van der Waals surface area (Å²) in [5.74, 6) is 0.0211. The number of amides is 1. The molecule has 1 amide bonds. The third kappa shape index (κ3) is 6.96. The Morgan fingerprint density at radius 2 is 1.77 bits per heavy atom. The molecule has 0 aliphatic heterocycles. The molecule has 7 nitrogen and oxygen atoms in total. The first-order valence-corrected chi connectivity index (χ1v) is 12.6. The zero-order valence-electron chi connectivity index (χ0n) is 20.9. The predicted octanol–water partition coefficient (Wildman–Crippen LogP) is 6.63. The lowest BCUT2D eigenvalue weighted by molar-refractivity contribution is -0.123. The van der Waals surface area contributed by atoms with Crippen molar-refractivity contribution in [2.75, 3.05) is 13.7 Å². The minimum atomic E-state index is -0.660. The monoisotopic (exact) mass is 562 g/mol. The van der Waals surface area contributed by atoms with Crippen molar-refractivity contribution in [1.29, 1.82) is 0 Å². The summed E-state index contributed by atoms with van der Waals surface area (Å²) >= 11 is 12.1. The first-order valence-electron chi connectivity index (χ1n) is 11.8. The van der Waals surface area contributed by atoms with Crippen molar-refractivity contribution in [3.63, 3.8) is 0 Å². The van der Waals surface area contributed by atoms with E-state index in [-0.39, 0.29) is 22.9 Å². The fraction of sp³-hybridized carbons (Fsp3) is 0.100. The van der Waals surface area contributed by atoms with Gasteiger partial charge in [-0.25, -0.2) is 10.2 Å². The molecule has 39 heavy (non-hydrogen) atoms. The Labute approximate surface area is 235 Å². The maximum Gasteiger partial charge on any atom is 0.345 e. The topological polar surface area (TPSA) is 86.2 Å². The van der Waals surface area contributed by atoms with E-state index in [1.165, 1.54) is 25.5 Å². The number of carbonyl (C=O) groups excluding carboxylic acids is 2. The second kappa shape index (κ2) is 13.0. The molecule has 0 unspecified atom stereocenters. The molecule has 0 saturated carbocycles. The van der Waals surface area contributed by atoms with Gasteiger partial charge < -0.3 is 14.2 Å². The molecule has 0 fully saturated rings. The normalized spacial score (nSPS) is 10.8. The summed E-state index contributed by atoms with van der Waals surface area (Å²) in [7, 11) is 1.53. The van der Waals surface area contributed by atoms with E-state index in [9.17, 15) is 9.59 Å². The van der Waals surface area contributed by atoms with Gasteiger partial charge >= 0.3 is 5.97 Å². The second-order valence-corrected chi connectivity index (χ2v) is 9.12. The van der Waals surface area contributed by atoms with Gasteiger partial charge in [-0.2, -0.15) is 5.10 Å². The zero-order chi connectivity index (χ0) is 27.8. The van der Waals surface area contributed by atoms with Gasteiger partial charge in [0.2, 0.25) is 0 Å². The third-order valence-corrected chi connectivity index (χ3v) is 6.18. The van der Waals surface area contributed by atoms with E-state index in [4.69, 9.17) is 37.4 Å². The van der Waals surface area contributed by atoms with Crippen molar-refractivity contribution < 1.29 is 23.8 Å². The zero-order valence-corrected chi connectivity index (χ0v) is 22.5. The van der Waals surface area contributed by atoms with Crippen LogP contribution < -0.4 is 19.6 Å². The van der Waals surface area contributed by atoms with E-state index in [1.54, 1.807) is 24.3 Å². The first-order chi connectivity index (χ1) is 18.9. The molecule has 198 valence electrons. The average Bonchev–Trinajstić information content (AvgIpc) is 2.93. The fourth-order valence-electron chi connectivity index (χ4n) is 3.78. The van der Waals surface area contributed by atoms with Gasteiger partial charge in [-0.3, -0.25) is 4.79 Å². The van der Waals surface area contributed by atoms with Crippen molar-refractivity contribution in [3.05, 3.63) is 112 Å². The number of nitrogens with zero attached hydrogens (tertiary/aromatic N) is 1. The van der Waals surface area contributed by atoms with Crippen molar-refractivity contribution >= 4 is 52.1 Å². The SMILES string of the molecule is C=CCc1ccc(OCC(=O)N/N=C\c2c(OC(=O)c3ccc(Cl)cc3Cl)ccc3ccccc23)c(OC)c1. The van der Waals surface area contributed by atoms with Crippen molar-refractivity contribution in [1.82, 2.24) is 5.43 Å². The molecule has 0 bridgehead atoms. The van der Waals surface area contributed by atoms with Gasteiger partial charge in [-0.1, -0.05) is 65.7 Å². The molecular weight excluding hydrogens is 539 g/mol. The fourth-order valence-corrected chi connectivity index (χ4v) is 4.26. The number of hydrogen-bond acceptors (Lipinski definition) is 6. The Kier molecular flexibility index (Phi) is 9.20. The van der Waals surface area contributed by atoms with Gasteiger partial charge in [0.05, 0.1) is 23.9 Å². The number of hydrogen-bond donors (Lipinski definition) is 1. The summed E-state index contributed by atoms with van der Waals surface area (Å²) in [5, 5.41) is 6.30. The number of benzene rings is 4. The van der Waals surface area contributed by atoms with Gasteiger partial charge in [0.15, 0.2) is 18.1 Å². The van der Waals surface area contributed by atoms with Crippen LogP contribution in [0.1, 0.15) is 21.5 Å². The number of fused-ring (bicyclic) bond motifs is 1. The minimum absolute atomic E-state index is 0.163. The molecule has 4 rings (SSSR count). The number of allylic oxidation sites excluding steroid dienone is 1. The molecule has 0 aromatic heterocycles. The van der Waals surface area contributed by atoms with Crippen LogP contribution >= 0.6 is 23.2 Å². The van der Waals surface area contributed by atoms with Gasteiger partial charge in [0, 0.05) is 10.6 Å². The largest absolute Gasteiger partial charge is 0.493 e. The highest BCUT2D eigenvalue weighted by atomic mass is 35.5. The molecule has 0 radical (unpaired) electrons. The molecule has 0 spiro atoms. The molecule has 4 aromatic rings. The molecular formula is C30H24Cl2N2O5. The second-order valence-electron chi connectivity index (χ2n) is 8.27. The highest BCUT2D eigenvalue weighted by molar-refractivity contribution is 6.36. The van der Waals surface area contributed by atoms with Gasteiger partial charge in [-0.15, -0.1) is 6.58 Å². The van der Waals surface area contributed by atoms with Crippen LogP contribution in [-0.4, -0.2) is 31.8 Å². The van der Waals surface area contributed by atoms with Crippen molar-refractivity contribution in [2.24, 2.45) is 5.10 Å². The first kappa shape index (κ1) is 27.7. The molecule has 4 aromatic carbocycles. The van der Waals surface area contributed by atoms with Gasteiger partial charge in [-0.05, 0) is 59.2 Å². The smallest absolute Gasteiger partial charge is 0.345 e. The van der Waals surface area contributed by atoms with Crippen LogP contribution in [-0.2, 0) is 11.2 Å². The predicted molar refractivity (Wildman–Crippen MR) is 153 cm³/mol. The van der Waals surface area contributed by atoms with Crippen molar-refractivity contribution in [3.8, 4) is 17.2 Å². The highest BCUT2D eigenvalue weighted by Crippen LogP contribution is 2.30. The summed E-state index contributed by atoms with van der Waals surface area (Å²) < 4.78 is 16.6. The summed E-state index contributed by atoms with van der Waals surface area (Å²) in [6.45, 7) is 3.44. The van der Waals surface area contributed by atoms with Crippen LogP contribution in [0.25, 0.3) is 10.8 Å². The Balaban J connectivity index is 1.49. The molecule has 0 aliphatic rings. The van der Waals surface area contributed by atoms with E-state index < -0.39 is 11.9 Å². The summed E-state index contributed by atoms with van der Waals surface area (Å²) in [4.78, 5) is 25.3. The number of carbonyl (C=O) groups is 2. The molecule has 0 saturated heterocycles. The molecule has 1 N–H and O–H groups in total. The maximum atomic E-state index is 12.9. The van der Waals surface area contributed by atoms with E-state index >= 15 is 0 Å². The Hall–Kier alpha value is -4.33. The quantitative estimate of drug-likeness (QED) is 0.0770. The third-order valence-electron chi connectivity index (χ3n) is 5.63. The van der Waals surface area contributed by atoms with E-state index in [0.29, 0.717) is 28.5 Å². The lowest BCUT2D eigenvalue weighted by Gasteiger charge is -2.12. The summed E-state index contributed by atoms with van der Waals surface area (Å²) in [6.07, 6.45) is 3.89. The van der Waals surface area contributed by atoms with Crippen molar-refractivity contribution in [2.45, 2.75) is 6.42 Å². The molecule has 9 heteroatoms. The molecule has 0 aliphatic carbocycles. The Morgan fingerprint density at radius 1 is 0.974 bits per heavy atom. The summed E-state index contributed by atoms with van der Waals surface area (Å²) in [6, 6.07) is 20.9.